The summed E-state index contributed by atoms with van der Waals surface area (Å²) in [5.41, 5.74) is 4.00. The summed E-state index contributed by atoms with van der Waals surface area (Å²) >= 11 is 8.48. The van der Waals surface area contributed by atoms with Gasteiger partial charge in [0.1, 0.15) is 10.3 Å². The van der Waals surface area contributed by atoms with Gasteiger partial charge < -0.3 is 0 Å². The molecule has 2 aromatic heterocycles. The Hall–Kier alpha value is -2.30. The third kappa shape index (κ3) is 4.75. The molecule has 1 unspecified atom stereocenters. The molecular formula is C25H24ClN3O3S3. The Bertz CT molecular complexity index is 1500. The van der Waals surface area contributed by atoms with Gasteiger partial charge in [0.2, 0.25) is 5.91 Å². The molecule has 1 fully saturated rings. The van der Waals surface area contributed by atoms with E-state index in [2.05, 4.69) is 12.1 Å². The number of benzene rings is 2. The van der Waals surface area contributed by atoms with Crippen molar-refractivity contribution in [2.45, 2.75) is 43.5 Å². The zero-order valence-corrected chi connectivity index (χ0v) is 22.5. The number of hydrogen-bond acceptors (Lipinski definition) is 6. The smallest absolute Gasteiger partial charge is 0.253 e. The number of thiophene rings is 1. The van der Waals surface area contributed by atoms with Crippen LogP contribution in [0.4, 0.5) is 5.13 Å². The molecule has 0 bridgehead atoms. The Morgan fingerprint density at radius 3 is 2.63 bits per heavy atom. The number of thiazole rings is 1. The molecule has 5 rings (SSSR count). The van der Waals surface area contributed by atoms with Crippen molar-refractivity contribution in [1.29, 1.82) is 0 Å². The zero-order valence-electron chi connectivity index (χ0n) is 19.3. The van der Waals surface area contributed by atoms with Crippen LogP contribution in [-0.4, -0.2) is 36.2 Å². The fourth-order valence-corrected chi connectivity index (χ4v) is 8.90. The van der Waals surface area contributed by atoms with Gasteiger partial charge in [-0.25, -0.2) is 13.4 Å². The number of sulfonamides is 1. The summed E-state index contributed by atoms with van der Waals surface area (Å²) in [6, 6.07) is 16.1. The van der Waals surface area contributed by atoms with Crippen LogP contribution in [0.1, 0.15) is 29.5 Å². The Morgan fingerprint density at radius 2 is 1.91 bits per heavy atom. The predicted octanol–water partition coefficient (Wildman–Crippen LogP) is 6.01. The highest BCUT2D eigenvalue weighted by molar-refractivity contribution is 7.91. The van der Waals surface area contributed by atoms with E-state index in [0.717, 1.165) is 38.2 Å². The van der Waals surface area contributed by atoms with Crippen LogP contribution in [0.15, 0.2) is 58.8 Å². The quantitative estimate of drug-likeness (QED) is 0.297. The molecule has 0 saturated carbocycles. The lowest BCUT2D eigenvalue weighted by molar-refractivity contribution is -0.121. The summed E-state index contributed by atoms with van der Waals surface area (Å²) in [7, 11) is -3.83. The molecule has 1 aliphatic rings. The number of aryl methyl sites for hydroxylation is 2. The second kappa shape index (κ2) is 9.63. The molecule has 0 radical (unpaired) electrons. The molecule has 1 amide bonds. The zero-order chi connectivity index (χ0) is 24.7. The molecule has 3 heterocycles. The van der Waals surface area contributed by atoms with Crippen molar-refractivity contribution in [3.05, 3.63) is 75.6 Å². The maximum atomic E-state index is 14.0. The second-order valence-corrected chi connectivity index (χ2v) is 13.5. The maximum Gasteiger partial charge on any atom is 0.253 e. The van der Waals surface area contributed by atoms with Gasteiger partial charge in [-0.1, -0.05) is 59.3 Å². The van der Waals surface area contributed by atoms with E-state index >= 15 is 0 Å². The van der Waals surface area contributed by atoms with Crippen LogP contribution in [0, 0.1) is 13.8 Å². The van der Waals surface area contributed by atoms with E-state index in [9.17, 15) is 13.2 Å². The number of nitrogens with zero attached hydrogens (tertiary/aromatic N) is 3. The van der Waals surface area contributed by atoms with Crippen molar-refractivity contribution in [3.8, 4) is 0 Å². The second-order valence-electron chi connectivity index (χ2n) is 8.67. The summed E-state index contributed by atoms with van der Waals surface area (Å²) in [4.78, 5) is 20.5. The lowest BCUT2D eigenvalue weighted by atomic mass is 10.1. The molecular weight excluding hydrogens is 522 g/mol. The molecule has 2 aromatic carbocycles. The molecule has 182 valence electrons. The Balaban J connectivity index is 1.54. The van der Waals surface area contributed by atoms with Gasteiger partial charge in [-0.05, 0) is 61.6 Å². The van der Waals surface area contributed by atoms with Crippen molar-refractivity contribution >= 4 is 65.6 Å². The van der Waals surface area contributed by atoms with E-state index in [1.807, 2.05) is 44.2 Å². The number of halogens is 1. The van der Waals surface area contributed by atoms with E-state index in [1.54, 1.807) is 11.0 Å². The van der Waals surface area contributed by atoms with Gasteiger partial charge in [-0.2, -0.15) is 4.31 Å². The molecule has 0 aliphatic carbocycles. The average molecular weight is 546 g/mol. The topological polar surface area (TPSA) is 70.6 Å². The first-order valence-corrected chi connectivity index (χ1v) is 14.7. The van der Waals surface area contributed by atoms with Crippen LogP contribution in [0.25, 0.3) is 10.2 Å². The van der Waals surface area contributed by atoms with Crippen molar-refractivity contribution in [1.82, 2.24) is 9.29 Å². The van der Waals surface area contributed by atoms with Crippen LogP contribution >= 0.6 is 34.3 Å². The van der Waals surface area contributed by atoms with Crippen LogP contribution in [0.3, 0.4) is 0 Å². The normalized spacial score (nSPS) is 16.7. The van der Waals surface area contributed by atoms with Crippen molar-refractivity contribution in [2.24, 2.45) is 0 Å². The highest BCUT2D eigenvalue weighted by Gasteiger charge is 2.42. The van der Waals surface area contributed by atoms with Crippen molar-refractivity contribution < 1.29 is 13.2 Å². The van der Waals surface area contributed by atoms with Crippen LogP contribution in [0.5, 0.6) is 0 Å². The lowest BCUT2D eigenvalue weighted by Gasteiger charge is -2.28. The molecule has 6 nitrogen and oxygen atoms in total. The molecule has 4 aromatic rings. The average Bonchev–Trinajstić information content (AvgIpc) is 3.57. The number of anilines is 1. The number of carbonyl (C=O) groups is 1. The van der Waals surface area contributed by atoms with Gasteiger partial charge in [-0.3, -0.25) is 9.69 Å². The minimum atomic E-state index is -3.83. The van der Waals surface area contributed by atoms with Crippen LogP contribution in [-0.2, 0) is 21.4 Å². The summed E-state index contributed by atoms with van der Waals surface area (Å²) in [5, 5.41) is 0.575. The molecule has 10 heteroatoms. The summed E-state index contributed by atoms with van der Waals surface area (Å²) < 4.78 is 29.7. The first kappa shape index (κ1) is 24.4. The minimum absolute atomic E-state index is 0.155. The Labute approximate surface area is 217 Å². The maximum absolute atomic E-state index is 14.0. The van der Waals surface area contributed by atoms with Gasteiger partial charge in [-0.15, -0.1) is 11.3 Å². The van der Waals surface area contributed by atoms with E-state index in [0.29, 0.717) is 35.4 Å². The van der Waals surface area contributed by atoms with Crippen LogP contribution in [0.2, 0.25) is 4.34 Å². The number of amides is 1. The molecule has 1 atom stereocenters. The van der Waals surface area contributed by atoms with E-state index in [-0.39, 0.29) is 10.1 Å². The third-order valence-electron chi connectivity index (χ3n) is 6.10. The summed E-state index contributed by atoms with van der Waals surface area (Å²) in [6.07, 6.45) is 1.08. The van der Waals surface area contributed by atoms with E-state index in [1.165, 1.54) is 21.7 Å². The molecule has 0 N–H and O–H groups in total. The standard InChI is InChI=1S/C25H24ClN3O3S3/c1-16-13-17(2)23-20(14-16)33-25(27-23)28(15-18-7-4-3-5-8-18)24(30)19-9-6-12-29(19)35(31,32)22-11-10-21(26)34-22/h3-5,7-8,10-11,13-14,19H,6,9,12,15H2,1-2H3. The lowest BCUT2D eigenvalue weighted by Crippen LogP contribution is -2.47. The number of aromatic nitrogens is 1. The SMILES string of the molecule is Cc1cc(C)c2nc(N(Cc3ccccc3)C(=O)C3CCCN3S(=O)(=O)c3ccc(Cl)s3)sc2c1. The van der Waals surface area contributed by atoms with Crippen LogP contribution < -0.4 is 4.90 Å². The number of carbonyl (C=O) groups excluding carboxylic acids is 1. The molecule has 0 spiro atoms. The van der Waals surface area contributed by atoms with E-state index in [4.69, 9.17) is 16.6 Å². The summed E-state index contributed by atoms with van der Waals surface area (Å²) in [5.74, 6) is -0.258. The van der Waals surface area contributed by atoms with Gasteiger partial charge in [0.15, 0.2) is 5.13 Å². The predicted molar refractivity (Wildman–Crippen MR) is 143 cm³/mol. The van der Waals surface area contributed by atoms with E-state index < -0.39 is 16.1 Å². The molecule has 35 heavy (non-hydrogen) atoms. The van der Waals surface area contributed by atoms with Gasteiger partial charge in [0.25, 0.3) is 10.0 Å². The first-order chi connectivity index (χ1) is 16.7. The highest BCUT2D eigenvalue weighted by Crippen LogP contribution is 2.36. The largest absolute Gasteiger partial charge is 0.282 e. The molecule has 1 aliphatic heterocycles. The first-order valence-electron chi connectivity index (χ1n) is 11.2. The fraction of sp³-hybridized carbons (Fsp3) is 0.280. The number of rotatable bonds is 6. The Morgan fingerprint density at radius 1 is 1.14 bits per heavy atom. The van der Waals surface area contributed by atoms with Crippen molar-refractivity contribution in [2.75, 3.05) is 11.4 Å². The third-order valence-corrected chi connectivity index (χ3v) is 10.7. The van der Waals surface area contributed by atoms with Gasteiger partial charge >= 0.3 is 0 Å². The van der Waals surface area contributed by atoms with Gasteiger partial charge in [0, 0.05) is 6.54 Å². The monoisotopic (exact) mass is 545 g/mol. The number of hydrogen-bond donors (Lipinski definition) is 0. The number of fused-ring (bicyclic) bond motifs is 1. The molecule has 1 saturated heterocycles. The fourth-order valence-electron chi connectivity index (χ4n) is 4.49. The summed E-state index contributed by atoms with van der Waals surface area (Å²) in [6.45, 7) is 4.66. The van der Waals surface area contributed by atoms with Crippen molar-refractivity contribution in [3.63, 3.8) is 0 Å². The highest BCUT2D eigenvalue weighted by atomic mass is 35.5. The Kier molecular flexibility index (Phi) is 6.71. The minimum Gasteiger partial charge on any atom is -0.282 e. The van der Waals surface area contributed by atoms with Gasteiger partial charge in [0.05, 0.1) is 21.1 Å².